The molecule has 0 radical (unpaired) electrons. The number of rotatable bonds is 5. The molecular weight excluding hydrogens is 462 g/mol. The quantitative estimate of drug-likeness (QED) is 0.413. The number of amides is 1. The Hall–Kier alpha value is -3.42. The Balaban J connectivity index is 1.28. The van der Waals surface area contributed by atoms with Crippen molar-refractivity contribution >= 4 is 23.2 Å². The van der Waals surface area contributed by atoms with Crippen molar-refractivity contribution in [1.82, 2.24) is 24.2 Å². The van der Waals surface area contributed by atoms with Gasteiger partial charge in [-0.1, -0.05) is 35.9 Å². The standard InChI is InChI=1S/C27H26ClN5O2/c1-35-25-7-4-5-22(29-25)27(34)31-15-20-12-13-21(16-31)33(20)17-23-26(18-8-10-19(28)11-9-18)30-24-6-2-3-14-32(23)24/h2-11,14,20-21H,12-13,15-17H2,1H3. The third-order valence-electron chi connectivity index (χ3n) is 7.15. The van der Waals surface area contributed by atoms with Crippen molar-refractivity contribution < 1.29 is 9.53 Å². The highest BCUT2D eigenvalue weighted by Gasteiger charge is 2.42. The lowest BCUT2D eigenvalue weighted by Gasteiger charge is -2.41. The minimum absolute atomic E-state index is 0.0305. The van der Waals surface area contributed by atoms with E-state index in [1.54, 1.807) is 19.2 Å². The summed E-state index contributed by atoms with van der Waals surface area (Å²) in [5.41, 5.74) is 4.56. The Morgan fingerprint density at radius 2 is 1.77 bits per heavy atom. The van der Waals surface area contributed by atoms with E-state index < -0.39 is 0 Å². The van der Waals surface area contributed by atoms with Gasteiger partial charge in [-0.3, -0.25) is 9.69 Å². The Kier molecular flexibility index (Phi) is 5.66. The van der Waals surface area contributed by atoms with Crippen molar-refractivity contribution in [3.63, 3.8) is 0 Å². The number of hydrogen-bond donors (Lipinski definition) is 0. The summed E-state index contributed by atoms with van der Waals surface area (Å²) in [6.07, 6.45) is 4.23. The zero-order valence-corrected chi connectivity index (χ0v) is 20.2. The SMILES string of the molecule is COc1cccc(C(=O)N2CC3CCC(C2)N3Cc2c(-c3ccc(Cl)cc3)nc3ccccn23)n1. The molecule has 5 heterocycles. The van der Waals surface area contributed by atoms with Crippen molar-refractivity contribution in [1.29, 1.82) is 0 Å². The van der Waals surface area contributed by atoms with Crippen molar-refractivity contribution in [2.24, 2.45) is 0 Å². The molecule has 2 bridgehead atoms. The molecule has 7 nitrogen and oxygen atoms in total. The molecule has 4 aromatic rings. The van der Waals surface area contributed by atoms with Crippen molar-refractivity contribution in [2.75, 3.05) is 20.2 Å². The van der Waals surface area contributed by atoms with Crippen LogP contribution in [0.4, 0.5) is 0 Å². The Morgan fingerprint density at radius 3 is 2.51 bits per heavy atom. The van der Waals surface area contributed by atoms with Gasteiger partial charge >= 0.3 is 0 Å². The van der Waals surface area contributed by atoms with Crippen LogP contribution < -0.4 is 4.74 Å². The summed E-state index contributed by atoms with van der Waals surface area (Å²) in [6.45, 7) is 2.17. The molecule has 35 heavy (non-hydrogen) atoms. The Labute approximate surface area is 208 Å². The number of pyridine rings is 2. The zero-order chi connectivity index (χ0) is 23.9. The summed E-state index contributed by atoms with van der Waals surface area (Å²) >= 11 is 6.14. The van der Waals surface area contributed by atoms with Crippen LogP contribution in [0.15, 0.2) is 66.9 Å². The fraction of sp³-hybridized carbons (Fsp3) is 0.296. The summed E-state index contributed by atoms with van der Waals surface area (Å²) in [7, 11) is 1.56. The Bertz CT molecular complexity index is 1370. The molecule has 2 atom stereocenters. The molecule has 2 saturated heterocycles. The van der Waals surface area contributed by atoms with Crippen LogP contribution in [0.2, 0.25) is 5.02 Å². The number of aromatic nitrogens is 3. The first kappa shape index (κ1) is 22.1. The summed E-state index contributed by atoms with van der Waals surface area (Å²) in [5, 5.41) is 0.712. The van der Waals surface area contributed by atoms with E-state index in [0.717, 1.165) is 42.0 Å². The maximum absolute atomic E-state index is 13.2. The lowest BCUT2D eigenvalue weighted by molar-refractivity contribution is 0.0414. The molecule has 2 unspecified atom stereocenters. The fourth-order valence-electron chi connectivity index (χ4n) is 5.43. The van der Waals surface area contributed by atoms with Gasteiger partial charge in [-0.15, -0.1) is 0 Å². The predicted molar refractivity (Wildman–Crippen MR) is 135 cm³/mol. The zero-order valence-electron chi connectivity index (χ0n) is 19.5. The van der Waals surface area contributed by atoms with E-state index in [0.29, 0.717) is 41.8 Å². The van der Waals surface area contributed by atoms with Gasteiger partial charge < -0.3 is 14.0 Å². The van der Waals surface area contributed by atoms with Gasteiger partial charge in [0.25, 0.3) is 5.91 Å². The highest BCUT2D eigenvalue weighted by molar-refractivity contribution is 6.30. The first-order chi connectivity index (χ1) is 17.1. The molecule has 0 aliphatic carbocycles. The number of carbonyl (C=O) groups is 1. The first-order valence-electron chi connectivity index (χ1n) is 11.9. The summed E-state index contributed by atoms with van der Waals surface area (Å²) in [4.78, 5) is 27.0. The lowest BCUT2D eigenvalue weighted by atomic mass is 10.1. The van der Waals surface area contributed by atoms with E-state index in [2.05, 4.69) is 20.5 Å². The topological polar surface area (TPSA) is 63.0 Å². The van der Waals surface area contributed by atoms with Gasteiger partial charge in [0.1, 0.15) is 11.3 Å². The highest BCUT2D eigenvalue weighted by Crippen LogP contribution is 2.35. The largest absolute Gasteiger partial charge is 0.481 e. The number of carbonyl (C=O) groups excluding carboxylic acids is 1. The minimum Gasteiger partial charge on any atom is -0.481 e. The molecule has 0 saturated carbocycles. The smallest absolute Gasteiger partial charge is 0.272 e. The fourth-order valence-corrected chi connectivity index (χ4v) is 5.56. The van der Waals surface area contributed by atoms with Gasteiger partial charge in [0.05, 0.1) is 18.5 Å². The molecule has 0 N–H and O–H groups in total. The second-order valence-electron chi connectivity index (χ2n) is 9.18. The summed E-state index contributed by atoms with van der Waals surface area (Å²) < 4.78 is 7.39. The van der Waals surface area contributed by atoms with Gasteiger partial charge in [-0.25, -0.2) is 9.97 Å². The van der Waals surface area contributed by atoms with Crippen LogP contribution in [0.3, 0.4) is 0 Å². The van der Waals surface area contributed by atoms with Crippen LogP contribution in [0, 0.1) is 0 Å². The average Bonchev–Trinajstić information content (AvgIpc) is 3.36. The predicted octanol–water partition coefficient (Wildman–Crippen LogP) is 4.55. The van der Waals surface area contributed by atoms with E-state index in [1.807, 2.05) is 53.4 Å². The molecule has 6 rings (SSSR count). The van der Waals surface area contributed by atoms with Gasteiger partial charge in [0, 0.05) is 54.6 Å². The van der Waals surface area contributed by atoms with E-state index in [1.165, 1.54) is 0 Å². The van der Waals surface area contributed by atoms with Crippen molar-refractivity contribution in [2.45, 2.75) is 31.5 Å². The van der Waals surface area contributed by atoms with E-state index >= 15 is 0 Å². The minimum atomic E-state index is -0.0305. The maximum Gasteiger partial charge on any atom is 0.272 e. The van der Waals surface area contributed by atoms with Crippen LogP contribution in [0.1, 0.15) is 29.0 Å². The van der Waals surface area contributed by atoms with Crippen LogP contribution >= 0.6 is 11.6 Å². The van der Waals surface area contributed by atoms with Crippen LogP contribution in [0.25, 0.3) is 16.9 Å². The number of likely N-dealkylation sites (tertiary alicyclic amines) is 1. The lowest BCUT2D eigenvalue weighted by Crippen LogP contribution is -2.55. The number of piperazine rings is 1. The third kappa shape index (κ3) is 4.05. The molecule has 2 aliphatic heterocycles. The molecule has 3 aromatic heterocycles. The molecule has 0 spiro atoms. The Morgan fingerprint density at radius 1 is 1.00 bits per heavy atom. The van der Waals surface area contributed by atoms with Gasteiger partial charge in [-0.2, -0.15) is 0 Å². The van der Waals surface area contributed by atoms with Gasteiger partial charge in [0.2, 0.25) is 5.88 Å². The number of nitrogens with zero attached hydrogens (tertiary/aromatic N) is 5. The van der Waals surface area contributed by atoms with E-state index in [4.69, 9.17) is 21.3 Å². The number of fused-ring (bicyclic) bond motifs is 3. The second kappa shape index (κ2) is 8.98. The number of ether oxygens (including phenoxy) is 1. The molecule has 1 amide bonds. The molecule has 1 aromatic carbocycles. The highest BCUT2D eigenvalue weighted by atomic mass is 35.5. The molecular formula is C27H26ClN5O2. The van der Waals surface area contributed by atoms with Crippen LogP contribution in [-0.4, -0.2) is 62.4 Å². The number of methoxy groups -OCH3 is 1. The number of benzene rings is 1. The normalized spacial score (nSPS) is 19.9. The number of halogens is 1. The van der Waals surface area contributed by atoms with E-state index in [-0.39, 0.29) is 5.91 Å². The average molecular weight is 488 g/mol. The van der Waals surface area contributed by atoms with Gasteiger partial charge in [0.15, 0.2) is 0 Å². The van der Waals surface area contributed by atoms with Gasteiger partial charge in [-0.05, 0) is 43.2 Å². The number of hydrogen-bond acceptors (Lipinski definition) is 5. The summed E-state index contributed by atoms with van der Waals surface area (Å²) in [6, 6.07) is 19.9. The van der Waals surface area contributed by atoms with E-state index in [9.17, 15) is 4.79 Å². The van der Waals surface area contributed by atoms with Crippen molar-refractivity contribution in [3.05, 3.63) is 83.3 Å². The van der Waals surface area contributed by atoms with Crippen LogP contribution in [0.5, 0.6) is 5.88 Å². The van der Waals surface area contributed by atoms with Crippen molar-refractivity contribution in [3.8, 4) is 17.1 Å². The monoisotopic (exact) mass is 487 g/mol. The first-order valence-corrected chi connectivity index (χ1v) is 12.3. The molecule has 8 heteroatoms. The number of imidazole rings is 1. The van der Waals surface area contributed by atoms with Crippen LogP contribution in [-0.2, 0) is 6.54 Å². The molecule has 2 fully saturated rings. The summed E-state index contributed by atoms with van der Waals surface area (Å²) in [5.74, 6) is 0.428. The maximum atomic E-state index is 13.2. The third-order valence-corrected chi connectivity index (χ3v) is 7.40. The molecule has 2 aliphatic rings. The molecule has 178 valence electrons. The second-order valence-corrected chi connectivity index (χ2v) is 9.61.